The van der Waals surface area contributed by atoms with Crippen LogP contribution in [0.3, 0.4) is 0 Å². The first-order valence-corrected chi connectivity index (χ1v) is 11.9. The lowest BCUT2D eigenvalue weighted by atomic mass is 9.90. The van der Waals surface area contributed by atoms with E-state index in [-0.39, 0.29) is 18.4 Å². The third kappa shape index (κ3) is 3.91. The van der Waals surface area contributed by atoms with Crippen molar-refractivity contribution in [1.82, 2.24) is 4.90 Å². The Bertz CT molecular complexity index is 587. The Morgan fingerprint density at radius 3 is 2.57 bits per heavy atom. The van der Waals surface area contributed by atoms with Crippen molar-refractivity contribution >= 4 is 52.3 Å². The normalized spacial score (nSPS) is 26.9. The summed E-state index contributed by atoms with van der Waals surface area (Å²) in [6, 6.07) is 0. The molecule has 2 atom stereocenters. The van der Waals surface area contributed by atoms with Crippen molar-refractivity contribution in [2.75, 3.05) is 25.5 Å². The summed E-state index contributed by atoms with van der Waals surface area (Å²) in [6.07, 6.45) is 6.68. The molecule has 1 fully saturated rings. The molecule has 23 heavy (non-hydrogen) atoms. The Balaban J connectivity index is 2.00. The first-order chi connectivity index (χ1) is 10.9. The smallest absolute Gasteiger partial charge is 0.255 e. The minimum atomic E-state index is -2.42. The summed E-state index contributed by atoms with van der Waals surface area (Å²) in [7, 11) is 0. The van der Waals surface area contributed by atoms with Gasteiger partial charge in [-0.2, -0.15) is 0 Å². The second kappa shape index (κ2) is 7.81. The van der Waals surface area contributed by atoms with Gasteiger partial charge in [0.2, 0.25) is 11.6 Å². The van der Waals surface area contributed by atoms with Crippen LogP contribution >= 0.6 is 28.7 Å². The molecule has 0 N–H and O–H groups in total. The monoisotopic (exact) mass is 395 g/mol. The average Bonchev–Trinajstić information content (AvgIpc) is 2.69. The lowest BCUT2D eigenvalue weighted by Crippen LogP contribution is -2.37. The molecule has 9 heteroatoms. The van der Waals surface area contributed by atoms with Crippen LogP contribution in [0.15, 0.2) is 24.3 Å². The molecule has 0 radical (unpaired) electrons. The van der Waals surface area contributed by atoms with Gasteiger partial charge in [-0.15, -0.1) is 11.6 Å². The number of imide groups is 1. The van der Waals surface area contributed by atoms with Gasteiger partial charge in [0.1, 0.15) is 0 Å². The molecule has 128 valence electrons. The van der Waals surface area contributed by atoms with Crippen molar-refractivity contribution in [2.24, 2.45) is 5.92 Å². The van der Waals surface area contributed by atoms with Gasteiger partial charge in [-0.25, -0.2) is 0 Å². The van der Waals surface area contributed by atoms with E-state index in [0.29, 0.717) is 19.0 Å². The Labute approximate surface area is 150 Å². The molecular formula is C14H19ClNO4PS2. The number of fused-ring (bicyclic) bond motifs is 1. The third-order valence-electron chi connectivity index (χ3n) is 3.45. The standard InChI is InChI=1S/C14H19ClNO4PS2/c1-3-19-21(22,20-4-2)23-10-9-16-12(17)11-7-5-6-8-14(11,15)13(16)18/h5-8,11H,3-4,9-10H2,1-2H3. The molecule has 0 spiro atoms. The van der Waals surface area contributed by atoms with E-state index in [1.807, 2.05) is 13.8 Å². The van der Waals surface area contributed by atoms with Crippen molar-refractivity contribution in [2.45, 2.75) is 18.7 Å². The number of hydrogen-bond donors (Lipinski definition) is 0. The van der Waals surface area contributed by atoms with Gasteiger partial charge in [0.25, 0.3) is 5.91 Å². The Morgan fingerprint density at radius 2 is 2.00 bits per heavy atom. The van der Waals surface area contributed by atoms with Crippen LogP contribution in [-0.2, 0) is 30.4 Å². The van der Waals surface area contributed by atoms with E-state index in [2.05, 4.69) is 0 Å². The number of carbonyl (C=O) groups is 2. The summed E-state index contributed by atoms with van der Waals surface area (Å²) in [6.45, 7) is 4.89. The molecule has 0 aromatic carbocycles. The average molecular weight is 396 g/mol. The summed E-state index contributed by atoms with van der Waals surface area (Å²) in [5.74, 6) is -0.820. The van der Waals surface area contributed by atoms with E-state index in [1.165, 1.54) is 16.3 Å². The summed E-state index contributed by atoms with van der Waals surface area (Å²) in [5, 5.41) is 0. The highest BCUT2D eigenvalue weighted by Crippen LogP contribution is 2.60. The lowest BCUT2D eigenvalue weighted by molar-refractivity contribution is -0.138. The number of carbonyl (C=O) groups excluding carboxylic acids is 2. The second-order valence-corrected chi connectivity index (χ2v) is 12.0. The maximum Gasteiger partial charge on any atom is 0.255 e. The van der Waals surface area contributed by atoms with Gasteiger partial charge in [0.05, 0.1) is 19.1 Å². The minimum Gasteiger partial charge on any atom is -0.322 e. The highest BCUT2D eigenvalue weighted by atomic mass is 35.5. The number of likely N-dealkylation sites (tertiary alicyclic amines) is 1. The number of nitrogens with zero attached hydrogens (tertiary/aromatic N) is 1. The molecule has 2 unspecified atom stereocenters. The SMILES string of the molecule is CCOP(=S)(OCC)SCCN1C(=O)C2C=CC=CC2(Cl)C1=O. The van der Waals surface area contributed by atoms with Crippen molar-refractivity contribution in [3.8, 4) is 0 Å². The van der Waals surface area contributed by atoms with E-state index in [9.17, 15) is 9.59 Å². The van der Waals surface area contributed by atoms with Crippen molar-refractivity contribution in [1.29, 1.82) is 0 Å². The molecule has 1 aliphatic heterocycles. The van der Waals surface area contributed by atoms with Gasteiger partial charge in [0.15, 0.2) is 4.87 Å². The number of hydrogen-bond acceptors (Lipinski definition) is 6. The molecule has 1 aliphatic carbocycles. The molecule has 0 bridgehead atoms. The molecule has 1 heterocycles. The molecule has 0 aromatic rings. The fourth-order valence-corrected chi connectivity index (χ4v) is 7.42. The van der Waals surface area contributed by atoms with Crippen LogP contribution in [0.25, 0.3) is 0 Å². The predicted octanol–water partition coefficient (Wildman–Crippen LogP) is 3.11. The molecule has 0 aromatic heterocycles. The number of allylic oxidation sites excluding steroid dienone is 2. The summed E-state index contributed by atoms with van der Waals surface area (Å²) in [4.78, 5) is 24.8. The maximum absolute atomic E-state index is 12.5. The highest BCUT2D eigenvalue weighted by Gasteiger charge is 2.56. The van der Waals surface area contributed by atoms with Crippen LogP contribution in [-0.4, -0.2) is 47.1 Å². The third-order valence-corrected chi connectivity index (χ3v) is 9.51. The number of halogens is 1. The van der Waals surface area contributed by atoms with Crippen LogP contribution < -0.4 is 0 Å². The zero-order valence-corrected chi connectivity index (χ0v) is 16.2. The molecule has 0 saturated carbocycles. The number of amides is 2. The Morgan fingerprint density at radius 1 is 1.35 bits per heavy atom. The molecule has 1 saturated heterocycles. The van der Waals surface area contributed by atoms with Crippen molar-refractivity contribution < 1.29 is 18.6 Å². The molecular weight excluding hydrogens is 377 g/mol. The van der Waals surface area contributed by atoms with Crippen molar-refractivity contribution in [3.63, 3.8) is 0 Å². The van der Waals surface area contributed by atoms with Gasteiger partial charge < -0.3 is 9.05 Å². The van der Waals surface area contributed by atoms with E-state index in [0.717, 1.165) is 0 Å². The van der Waals surface area contributed by atoms with Crippen LogP contribution in [0.4, 0.5) is 0 Å². The fraction of sp³-hybridized carbons (Fsp3) is 0.571. The minimum absolute atomic E-state index is 0.244. The predicted molar refractivity (Wildman–Crippen MR) is 97.1 cm³/mol. The summed E-state index contributed by atoms with van der Waals surface area (Å²) >= 11 is 13.1. The first-order valence-electron chi connectivity index (χ1n) is 7.32. The Kier molecular flexibility index (Phi) is 6.50. The van der Waals surface area contributed by atoms with Gasteiger partial charge in [-0.05, 0) is 25.7 Å². The van der Waals surface area contributed by atoms with Gasteiger partial charge in [0, 0.05) is 12.3 Å². The van der Waals surface area contributed by atoms with E-state index in [4.69, 9.17) is 32.5 Å². The van der Waals surface area contributed by atoms with E-state index >= 15 is 0 Å². The number of rotatable bonds is 8. The Hall–Kier alpha value is -0.170. The first kappa shape index (κ1) is 19.2. The van der Waals surface area contributed by atoms with Gasteiger partial charge in [-0.1, -0.05) is 35.7 Å². The van der Waals surface area contributed by atoms with Crippen LogP contribution in [0, 0.1) is 5.92 Å². The zero-order chi connectivity index (χ0) is 17.1. The van der Waals surface area contributed by atoms with Crippen LogP contribution in [0.5, 0.6) is 0 Å². The highest BCUT2D eigenvalue weighted by molar-refractivity contribution is 8.67. The molecule has 2 rings (SSSR count). The summed E-state index contributed by atoms with van der Waals surface area (Å²) in [5.41, 5.74) is -2.42. The second-order valence-electron chi connectivity index (χ2n) is 4.90. The van der Waals surface area contributed by atoms with Crippen LogP contribution in [0.2, 0.25) is 0 Å². The van der Waals surface area contributed by atoms with E-state index < -0.39 is 16.5 Å². The van der Waals surface area contributed by atoms with Gasteiger partial charge >= 0.3 is 0 Å². The summed E-state index contributed by atoms with van der Waals surface area (Å²) < 4.78 is 11.1. The van der Waals surface area contributed by atoms with Crippen LogP contribution in [0.1, 0.15) is 13.8 Å². The number of alkyl halides is 1. The topological polar surface area (TPSA) is 55.8 Å². The molecule has 5 nitrogen and oxygen atoms in total. The maximum atomic E-state index is 12.5. The largest absolute Gasteiger partial charge is 0.322 e. The fourth-order valence-electron chi connectivity index (χ4n) is 2.44. The van der Waals surface area contributed by atoms with E-state index in [1.54, 1.807) is 24.3 Å². The molecule has 2 amide bonds. The van der Waals surface area contributed by atoms with Crippen molar-refractivity contribution in [3.05, 3.63) is 24.3 Å². The lowest BCUT2D eigenvalue weighted by Gasteiger charge is -2.22. The zero-order valence-electron chi connectivity index (χ0n) is 12.9. The van der Waals surface area contributed by atoms with Gasteiger partial charge in [-0.3, -0.25) is 14.5 Å². The molecule has 2 aliphatic rings. The quantitative estimate of drug-likeness (QED) is 0.357.